The van der Waals surface area contributed by atoms with E-state index in [-0.39, 0.29) is 0 Å². The van der Waals surface area contributed by atoms with Gasteiger partial charge in [0.2, 0.25) is 0 Å². The SMILES string of the molecule is C[C@@H](Nc1cc(Cl)c2ncn(C)c2n1)C1CC1.C[C@H](C1CC1)N(C)c1cc(Cl)c2ncn(C)c2n1. The quantitative estimate of drug-likeness (QED) is 0.356. The molecular weight excluding hydrogens is 483 g/mol. The van der Waals surface area contributed by atoms with Crippen LogP contribution in [0.4, 0.5) is 11.6 Å². The van der Waals surface area contributed by atoms with Crippen LogP contribution in [0.15, 0.2) is 24.8 Å². The van der Waals surface area contributed by atoms with E-state index in [0.29, 0.717) is 22.1 Å². The zero-order valence-corrected chi connectivity index (χ0v) is 22.3. The Bertz CT molecular complexity index is 1350. The van der Waals surface area contributed by atoms with Gasteiger partial charge in [-0.05, 0) is 51.4 Å². The summed E-state index contributed by atoms with van der Waals surface area (Å²) in [5, 5.41) is 4.74. The lowest BCUT2D eigenvalue weighted by Crippen LogP contribution is -2.31. The maximum atomic E-state index is 6.28. The molecule has 0 spiro atoms. The molecule has 10 heteroatoms. The second-order valence-electron chi connectivity index (χ2n) is 9.97. The number of nitrogens with one attached hydrogen (secondary N) is 1. The molecule has 0 aliphatic heterocycles. The van der Waals surface area contributed by atoms with Gasteiger partial charge in [0, 0.05) is 45.4 Å². The van der Waals surface area contributed by atoms with Crippen LogP contribution in [0.2, 0.25) is 10.0 Å². The number of anilines is 2. The van der Waals surface area contributed by atoms with Crippen LogP contribution in [0, 0.1) is 11.8 Å². The van der Waals surface area contributed by atoms with Gasteiger partial charge >= 0.3 is 0 Å². The Morgan fingerprint density at radius 2 is 1.43 bits per heavy atom. The first-order valence-electron chi connectivity index (χ1n) is 12.2. The Hall–Kier alpha value is -2.58. The van der Waals surface area contributed by atoms with E-state index < -0.39 is 0 Å². The van der Waals surface area contributed by atoms with Crippen LogP contribution in [0.5, 0.6) is 0 Å². The number of pyridine rings is 2. The maximum absolute atomic E-state index is 6.28. The van der Waals surface area contributed by atoms with Gasteiger partial charge in [-0.3, -0.25) is 0 Å². The fourth-order valence-corrected chi connectivity index (χ4v) is 4.88. The van der Waals surface area contributed by atoms with Gasteiger partial charge in [0.1, 0.15) is 22.7 Å². The summed E-state index contributed by atoms with van der Waals surface area (Å²) in [5.74, 6) is 3.36. The van der Waals surface area contributed by atoms with Crippen LogP contribution in [0.25, 0.3) is 22.3 Å². The van der Waals surface area contributed by atoms with Crippen LogP contribution in [0.1, 0.15) is 39.5 Å². The average molecular weight is 515 g/mol. The van der Waals surface area contributed by atoms with Crippen molar-refractivity contribution in [1.29, 1.82) is 0 Å². The summed E-state index contributed by atoms with van der Waals surface area (Å²) in [4.78, 5) is 19.9. The fourth-order valence-electron chi connectivity index (χ4n) is 4.41. The van der Waals surface area contributed by atoms with Gasteiger partial charge in [-0.1, -0.05) is 23.2 Å². The first-order valence-corrected chi connectivity index (χ1v) is 12.9. The molecule has 35 heavy (non-hydrogen) atoms. The summed E-state index contributed by atoms with van der Waals surface area (Å²) in [6.07, 6.45) is 8.77. The van der Waals surface area contributed by atoms with E-state index in [1.807, 2.05) is 35.4 Å². The van der Waals surface area contributed by atoms with Crippen molar-refractivity contribution in [3.05, 3.63) is 34.8 Å². The molecule has 8 nitrogen and oxygen atoms in total. The van der Waals surface area contributed by atoms with Gasteiger partial charge in [0.15, 0.2) is 11.3 Å². The van der Waals surface area contributed by atoms with E-state index in [0.717, 1.165) is 45.8 Å². The number of aromatic nitrogens is 6. The van der Waals surface area contributed by atoms with Crippen molar-refractivity contribution in [2.45, 2.75) is 51.6 Å². The van der Waals surface area contributed by atoms with Crippen molar-refractivity contribution < 1.29 is 0 Å². The van der Waals surface area contributed by atoms with Crippen molar-refractivity contribution in [1.82, 2.24) is 29.1 Å². The molecule has 4 aromatic heterocycles. The van der Waals surface area contributed by atoms with Crippen LogP contribution in [-0.2, 0) is 14.1 Å². The molecule has 2 aliphatic carbocycles. The lowest BCUT2D eigenvalue weighted by atomic mass is 10.2. The number of aryl methyl sites for hydroxylation is 2. The fraction of sp³-hybridized carbons (Fsp3) is 0.520. The highest BCUT2D eigenvalue weighted by molar-refractivity contribution is 6.35. The first-order chi connectivity index (χ1) is 16.7. The zero-order valence-electron chi connectivity index (χ0n) is 20.8. The number of rotatable bonds is 6. The van der Waals surface area contributed by atoms with Gasteiger partial charge in [-0.15, -0.1) is 0 Å². The van der Waals surface area contributed by atoms with E-state index in [2.05, 4.69) is 51.0 Å². The largest absolute Gasteiger partial charge is 0.367 e. The van der Waals surface area contributed by atoms with Gasteiger partial charge < -0.3 is 19.4 Å². The van der Waals surface area contributed by atoms with Gasteiger partial charge in [0.05, 0.1) is 22.7 Å². The highest BCUT2D eigenvalue weighted by Crippen LogP contribution is 2.37. The Kier molecular flexibility index (Phi) is 6.53. The highest BCUT2D eigenvalue weighted by Gasteiger charge is 2.31. The first kappa shape index (κ1) is 24.1. The average Bonchev–Trinajstić information content (AvgIpc) is 3.75. The molecule has 2 atom stereocenters. The predicted octanol–water partition coefficient (Wildman–Crippen LogP) is 5.69. The Morgan fingerprint density at radius 1 is 0.886 bits per heavy atom. The molecular formula is C25H32Cl2N8. The standard InChI is InChI=1S/C13H17ClN4.C12H15ClN4/c1-8(9-4-5-9)18(3)11-6-10(14)12-13(16-11)17(2)7-15-12;1-7(8-3-4-8)15-10-5-9(13)11-12(16-10)17(2)6-14-11/h6-9H,4-5H2,1-3H3;5-8H,3-4H2,1-2H3,(H,15,16)/t8-;7-/m11/s1. The molecule has 2 aliphatic rings. The van der Waals surface area contributed by atoms with Crippen molar-refractivity contribution in [2.24, 2.45) is 25.9 Å². The topological polar surface area (TPSA) is 76.7 Å². The minimum absolute atomic E-state index is 0.462. The monoisotopic (exact) mass is 514 g/mol. The molecule has 0 saturated heterocycles. The Morgan fingerprint density at radius 3 is 2.00 bits per heavy atom. The Labute approximate surface area is 215 Å². The molecule has 4 aromatic rings. The lowest BCUT2D eigenvalue weighted by Gasteiger charge is -2.26. The molecule has 0 radical (unpaired) electrons. The molecule has 0 bridgehead atoms. The number of hydrogen-bond donors (Lipinski definition) is 1. The molecule has 2 saturated carbocycles. The second kappa shape index (κ2) is 9.47. The zero-order chi connectivity index (χ0) is 24.9. The van der Waals surface area contributed by atoms with E-state index in [9.17, 15) is 0 Å². The number of hydrogen-bond acceptors (Lipinski definition) is 6. The third-order valence-electron chi connectivity index (χ3n) is 7.21. The molecule has 0 aromatic carbocycles. The van der Waals surface area contributed by atoms with Crippen molar-refractivity contribution in [3.63, 3.8) is 0 Å². The van der Waals surface area contributed by atoms with E-state index in [4.69, 9.17) is 23.2 Å². The van der Waals surface area contributed by atoms with Crippen LogP contribution in [0.3, 0.4) is 0 Å². The number of nitrogens with zero attached hydrogens (tertiary/aromatic N) is 7. The van der Waals surface area contributed by atoms with Gasteiger partial charge in [-0.2, -0.15) is 0 Å². The molecule has 0 amide bonds. The Balaban J connectivity index is 0.000000145. The van der Waals surface area contributed by atoms with E-state index in [1.165, 1.54) is 25.7 Å². The van der Waals surface area contributed by atoms with Crippen LogP contribution in [-0.4, -0.2) is 48.2 Å². The second-order valence-corrected chi connectivity index (χ2v) is 10.8. The smallest absolute Gasteiger partial charge is 0.163 e. The molecule has 4 heterocycles. The van der Waals surface area contributed by atoms with Gasteiger partial charge in [0.25, 0.3) is 0 Å². The highest BCUT2D eigenvalue weighted by atomic mass is 35.5. The minimum atomic E-state index is 0.462. The summed E-state index contributed by atoms with van der Waals surface area (Å²) in [6, 6.07) is 4.74. The van der Waals surface area contributed by atoms with Gasteiger partial charge in [-0.25, -0.2) is 19.9 Å². The van der Waals surface area contributed by atoms with Crippen LogP contribution < -0.4 is 10.2 Å². The van der Waals surface area contributed by atoms with Crippen LogP contribution >= 0.6 is 23.2 Å². The van der Waals surface area contributed by atoms with Crippen molar-refractivity contribution in [3.8, 4) is 0 Å². The normalized spacial score (nSPS) is 17.2. The number of halogens is 2. The number of fused-ring (bicyclic) bond motifs is 2. The maximum Gasteiger partial charge on any atom is 0.163 e. The van der Waals surface area contributed by atoms with E-state index in [1.54, 1.807) is 12.7 Å². The molecule has 186 valence electrons. The summed E-state index contributed by atoms with van der Waals surface area (Å²) in [5.41, 5.74) is 3.20. The minimum Gasteiger partial charge on any atom is -0.367 e. The summed E-state index contributed by atoms with van der Waals surface area (Å²) < 4.78 is 3.79. The lowest BCUT2D eigenvalue weighted by molar-refractivity contribution is 0.604. The van der Waals surface area contributed by atoms with Crippen molar-refractivity contribution in [2.75, 3.05) is 17.3 Å². The summed E-state index contributed by atoms with van der Waals surface area (Å²) in [7, 11) is 5.95. The summed E-state index contributed by atoms with van der Waals surface area (Å²) in [6.45, 7) is 4.45. The predicted molar refractivity (Wildman–Crippen MR) is 143 cm³/mol. The molecule has 6 rings (SSSR count). The molecule has 1 N–H and O–H groups in total. The third-order valence-corrected chi connectivity index (χ3v) is 7.79. The molecule has 0 unspecified atom stereocenters. The summed E-state index contributed by atoms with van der Waals surface area (Å²) >= 11 is 12.5. The third kappa shape index (κ3) is 5.05. The van der Waals surface area contributed by atoms with Crippen molar-refractivity contribution >= 4 is 57.2 Å². The number of imidazole rings is 2. The molecule has 2 fully saturated rings. The van der Waals surface area contributed by atoms with E-state index >= 15 is 0 Å².